The van der Waals surface area contributed by atoms with Crippen molar-refractivity contribution in [2.24, 2.45) is 5.92 Å². The lowest BCUT2D eigenvalue weighted by atomic mass is 9.95. The lowest BCUT2D eigenvalue weighted by Crippen LogP contribution is -2.42. The number of aryl methyl sites for hydroxylation is 1. The fourth-order valence-electron chi connectivity index (χ4n) is 3.43. The minimum atomic E-state index is 0.498. The van der Waals surface area contributed by atoms with E-state index in [9.17, 15) is 0 Å². The maximum Gasteiger partial charge on any atom is 0.0325 e. The first-order valence-corrected chi connectivity index (χ1v) is 8.11. The normalized spacial score (nSPS) is 21.4. The van der Waals surface area contributed by atoms with Gasteiger partial charge in [0.2, 0.25) is 0 Å². The molecule has 2 heteroatoms. The molecule has 0 amide bonds. The predicted octanol–water partition coefficient (Wildman–Crippen LogP) is 3.77. The molecule has 1 N–H and O–H groups in total. The van der Waals surface area contributed by atoms with E-state index in [1.54, 1.807) is 0 Å². The van der Waals surface area contributed by atoms with Crippen molar-refractivity contribution in [1.29, 1.82) is 0 Å². The number of rotatable bonds is 5. The van der Waals surface area contributed by atoms with Crippen molar-refractivity contribution in [2.45, 2.75) is 52.6 Å². The Labute approximate surface area is 124 Å². The number of hydrogen-bond donors (Lipinski definition) is 1. The molecule has 0 saturated carbocycles. The van der Waals surface area contributed by atoms with Crippen LogP contribution in [0.15, 0.2) is 24.3 Å². The molecule has 0 aromatic heterocycles. The van der Waals surface area contributed by atoms with Crippen LogP contribution in [-0.2, 0) is 0 Å². The predicted molar refractivity (Wildman–Crippen MR) is 87.0 cm³/mol. The Kier molecular flexibility index (Phi) is 5.62. The molecule has 1 aromatic rings. The summed E-state index contributed by atoms with van der Waals surface area (Å²) in [5, 5.41) is 3.54. The summed E-state index contributed by atoms with van der Waals surface area (Å²) in [7, 11) is 0. The first-order chi connectivity index (χ1) is 9.59. The van der Waals surface area contributed by atoms with Crippen LogP contribution >= 0.6 is 0 Å². The average molecular weight is 274 g/mol. The van der Waals surface area contributed by atoms with Crippen molar-refractivity contribution in [3.63, 3.8) is 0 Å². The highest BCUT2D eigenvalue weighted by Crippen LogP contribution is 2.27. The molecule has 1 saturated heterocycles. The van der Waals surface area contributed by atoms with Gasteiger partial charge in [-0.1, -0.05) is 24.3 Å². The third kappa shape index (κ3) is 3.83. The number of benzene rings is 1. The van der Waals surface area contributed by atoms with Crippen molar-refractivity contribution in [2.75, 3.05) is 19.6 Å². The van der Waals surface area contributed by atoms with Crippen molar-refractivity contribution in [3.05, 3.63) is 35.4 Å². The van der Waals surface area contributed by atoms with Gasteiger partial charge in [-0.2, -0.15) is 0 Å². The van der Waals surface area contributed by atoms with Crippen LogP contribution in [-0.4, -0.2) is 30.6 Å². The summed E-state index contributed by atoms with van der Waals surface area (Å²) in [5.41, 5.74) is 2.89. The molecule has 2 atom stereocenters. The molecule has 2 unspecified atom stereocenters. The van der Waals surface area contributed by atoms with Crippen molar-refractivity contribution < 1.29 is 0 Å². The molecular formula is C18H30N2. The van der Waals surface area contributed by atoms with Gasteiger partial charge in [-0.15, -0.1) is 0 Å². The summed E-state index contributed by atoms with van der Waals surface area (Å²) >= 11 is 0. The summed E-state index contributed by atoms with van der Waals surface area (Å²) in [5.74, 6) is 0.803. The molecule has 0 radical (unpaired) electrons. The van der Waals surface area contributed by atoms with Crippen molar-refractivity contribution in [3.8, 4) is 0 Å². The molecular weight excluding hydrogens is 244 g/mol. The molecule has 20 heavy (non-hydrogen) atoms. The zero-order valence-electron chi connectivity index (χ0n) is 13.5. The molecule has 0 aliphatic carbocycles. The van der Waals surface area contributed by atoms with Crippen LogP contribution in [0.25, 0.3) is 0 Å². The Balaban J connectivity index is 2.09. The minimum absolute atomic E-state index is 0.498. The Hall–Kier alpha value is -0.860. The van der Waals surface area contributed by atoms with Gasteiger partial charge in [-0.05, 0) is 70.7 Å². The van der Waals surface area contributed by atoms with E-state index in [-0.39, 0.29) is 0 Å². The van der Waals surface area contributed by atoms with Crippen LogP contribution in [0.1, 0.15) is 50.8 Å². The first-order valence-electron chi connectivity index (χ1n) is 8.11. The Bertz CT molecular complexity index is 408. The monoisotopic (exact) mass is 274 g/mol. The van der Waals surface area contributed by atoms with Gasteiger partial charge in [0, 0.05) is 18.6 Å². The van der Waals surface area contributed by atoms with Crippen LogP contribution < -0.4 is 5.32 Å². The molecule has 2 rings (SSSR count). The first kappa shape index (κ1) is 15.5. The second-order valence-corrected chi connectivity index (χ2v) is 6.54. The van der Waals surface area contributed by atoms with Crippen molar-refractivity contribution in [1.82, 2.24) is 10.2 Å². The third-order valence-corrected chi connectivity index (χ3v) is 4.67. The summed E-state index contributed by atoms with van der Waals surface area (Å²) in [4.78, 5) is 2.67. The highest BCUT2D eigenvalue weighted by molar-refractivity contribution is 5.28. The van der Waals surface area contributed by atoms with Crippen LogP contribution in [0.2, 0.25) is 0 Å². The van der Waals surface area contributed by atoms with Gasteiger partial charge in [-0.25, -0.2) is 0 Å². The average Bonchev–Trinajstić information content (AvgIpc) is 2.45. The van der Waals surface area contributed by atoms with E-state index in [2.05, 4.69) is 62.2 Å². The fraction of sp³-hybridized carbons (Fsp3) is 0.667. The maximum atomic E-state index is 3.54. The third-order valence-electron chi connectivity index (χ3n) is 4.67. The van der Waals surface area contributed by atoms with Crippen LogP contribution in [0.3, 0.4) is 0 Å². The van der Waals surface area contributed by atoms with Gasteiger partial charge in [0.05, 0.1) is 0 Å². The molecule has 2 nitrogen and oxygen atoms in total. The van der Waals surface area contributed by atoms with Crippen LogP contribution in [0, 0.1) is 12.8 Å². The number of hydrogen-bond acceptors (Lipinski definition) is 2. The van der Waals surface area contributed by atoms with Gasteiger partial charge >= 0.3 is 0 Å². The highest BCUT2D eigenvalue weighted by Gasteiger charge is 2.24. The number of nitrogens with one attached hydrogen (secondary N) is 1. The lowest BCUT2D eigenvalue weighted by molar-refractivity contribution is 0.126. The van der Waals surface area contributed by atoms with E-state index < -0.39 is 0 Å². The molecule has 1 aliphatic heterocycles. The Morgan fingerprint density at radius 2 is 2.00 bits per heavy atom. The molecule has 112 valence electrons. The topological polar surface area (TPSA) is 15.3 Å². The van der Waals surface area contributed by atoms with E-state index >= 15 is 0 Å². The van der Waals surface area contributed by atoms with E-state index in [1.165, 1.54) is 43.6 Å². The summed E-state index contributed by atoms with van der Waals surface area (Å²) in [6.07, 6.45) is 2.70. The van der Waals surface area contributed by atoms with Gasteiger partial charge in [0.1, 0.15) is 0 Å². The second kappa shape index (κ2) is 7.24. The lowest BCUT2D eigenvalue weighted by Gasteiger charge is -2.37. The molecule has 1 aromatic carbocycles. The number of piperidine rings is 1. The number of nitrogens with zero attached hydrogens (tertiary/aromatic N) is 1. The van der Waals surface area contributed by atoms with Crippen molar-refractivity contribution >= 4 is 0 Å². The molecule has 1 fully saturated rings. The van der Waals surface area contributed by atoms with Crippen LogP contribution in [0.5, 0.6) is 0 Å². The van der Waals surface area contributed by atoms with E-state index in [0.717, 1.165) is 5.92 Å². The zero-order chi connectivity index (χ0) is 14.5. The Morgan fingerprint density at radius 1 is 1.25 bits per heavy atom. The summed E-state index contributed by atoms with van der Waals surface area (Å²) in [6, 6.07) is 9.90. The standard InChI is InChI=1S/C18H30N2/c1-14(2)20(13-17-9-7-11-19-12-17)16(4)18-10-6-5-8-15(18)3/h5-6,8,10,14,16-17,19H,7,9,11-13H2,1-4H3. The van der Waals surface area contributed by atoms with E-state index in [1.807, 2.05) is 0 Å². The van der Waals surface area contributed by atoms with Gasteiger partial charge in [-0.3, -0.25) is 4.90 Å². The van der Waals surface area contributed by atoms with Gasteiger partial charge in [0.15, 0.2) is 0 Å². The highest BCUT2D eigenvalue weighted by atomic mass is 15.2. The summed E-state index contributed by atoms with van der Waals surface area (Å²) < 4.78 is 0. The molecule has 1 heterocycles. The molecule has 0 spiro atoms. The Morgan fingerprint density at radius 3 is 2.60 bits per heavy atom. The fourth-order valence-corrected chi connectivity index (χ4v) is 3.43. The van der Waals surface area contributed by atoms with Crippen LogP contribution in [0.4, 0.5) is 0 Å². The molecule has 1 aliphatic rings. The summed E-state index contributed by atoms with van der Waals surface area (Å²) in [6.45, 7) is 12.8. The van der Waals surface area contributed by atoms with Gasteiger partial charge in [0.25, 0.3) is 0 Å². The maximum absolute atomic E-state index is 3.54. The SMILES string of the molecule is Cc1ccccc1C(C)N(CC1CCCNC1)C(C)C. The zero-order valence-corrected chi connectivity index (χ0v) is 13.5. The largest absolute Gasteiger partial charge is 0.316 e. The quantitative estimate of drug-likeness (QED) is 0.879. The smallest absolute Gasteiger partial charge is 0.0325 e. The molecule has 0 bridgehead atoms. The van der Waals surface area contributed by atoms with E-state index in [4.69, 9.17) is 0 Å². The van der Waals surface area contributed by atoms with E-state index in [0.29, 0.717) is 12.1 Å². The minimum Gasteiger partial charge on any atom is -0.316 e. The van der Waals surface area contributed by atoms with Gasteiger partial charge < -0.3 is 5.32 Å². The second-order valence-electron chi connectivity index (χ2n) is 6.54.